The Morgan fingerprint density at radius 3 is 2.35 bits per heavy atom. The summed E-state index contributed by atoms with van der Waals surface area (Å²) in [4.78, 5) is 0. The van der Waals surface area contributed by atoms with Gasteiger partial charge in [-0.3, -0.25) is 0 Å². The monoisotopic (exact) mass is 284 g/mol. The maximum Gasteiger partial charge on any atom is 0.0175 e. The molecule has 0 atom stereocenters. The molecule has 0 aliphatic carbocycles. The van der Waals surface area contributed by atoms with Crippen molar-refractivity contribution in [2.24, 2.45) is 0 Å². The van der Waals surface area contributed by atoms with Gasteiger partial charge < -0.3 is 0 Å². The third-order valence-corrected chi connectivity index (χ3v) is 2.95. The fraction of sp³-hybridized carbons (Fsp3) is 0.0625. The first-order chi connectivity index (χ1) is 8.34. The van der Waals surface area contributed by atoms with Gasteiger partial charge in [-0.05, 0) is 41.8 Å². The maximum absolute atomic E-state index is 3.43. The van der Waals surface area contributed by atoms with Crippen LogP contribution in [0.3, 0.4) is 0 Å². The minimum absolute atomic E-state index is 0.913. The second kappa shape index (κ2) is 6.24. The van der Waals surface area contributed by atoms with Gasteiger partial charge >= 0.3 is 0 Å². The molecule has 0 saturated heterocycles. The number of hydrogen-bond acceptors (Lipinski definition) is 0. The molecule has 0 N–H and O–H groups in total. The van der Waals surface area contributed by atoms with Gasteiger partial charge in [-0.25, -0.2) is 0 Å². The van der Waals surface area contributed by atoms with E-state index < -0.39 is 0 Å². The van der Waals surface area contributed by atoms with E-state index in [1.807, 2.05) is 24.3 Å². The fourth-order valence-corrected chi connectivity index (χ4v) is 1.77. The SMILES string of the molecule is Brc1ccc(CC=C=Cc2ccccc2)cc1. The molecule has 0 radical (unpaired) electrons. The lowest BCUT2D eigenvalue weighted by Crippen LogP contribution is -1.78. The van der Waals surface area contributed by atoms with E-state index in [1.165, 1.54) is 11.1 Å². The minimum Gasteiger partial charge on any atom is -0.124 e. The first-order valence-electron chi connectivity index (χ1n) is 5.55. The van der Waals surface area contributed by atoms with Gasteiger partial charge in [-0.15, -0.1) is 5.73 Å². The van der Waals surface area contributed by atoms with Crippen LogP contribution in [0.5, 0.6) is 0 Å². The second-order valence-corrected chi connectivity index (χ2v) is 4.67. The van der Waals surface area contributed by atoms with Crippen molar-refractivity contribution in [1.29, 1.82) is 0 Å². The Labute approximate surface area is 110 Å². The van der Waals surface area contributed by atoms with Crippen molar-refractivity contribution in [1.82, 2.24) is 0 Å². The lowest BCUT2D eigenvalue weighted by molar-refractivity contribution is 1.27. The predicted octanol–water partition coefficient (Wildman–Crippen LogP) is 4.86. The normalized spacial score (nSPS) is 9.47. The van der Waals surface area contributed by atoms with E-state index in [4.69, 9.17) is 0 Å². The Morgan fingerprint density at radius 2 is 1.65 bits per heavy atom. The first kappa shape index (κ1) is 11.9. The average Bonchev–Trinajstić information content (AvgIpc) is 2.38. The summed E-state index contributed by atoms with van der Waals surface area (Å²) in [5.41, 5.74) is 5.68. The third kappa shape index (κ3) is 4.07. The molecular weight excluding hydrogens is 272 g/mol. The zero-order valence-electron chi connectivity index (χ0n) is 9.44. The Kier molecular flexibility index (Phi) is 4.37. The number of hydrogen-bond donors (Lipinski definition) is 0. The molecule has 2 aromatic rings. The maximum atomic E-state index is 3.43. The van der Waals surface area contributed by atoms with Crippen molar-refractivity contribution in [3.05, 3.63) is 82.0 Å². The quantitative estimate of drug-likeness (QED) is 0.706. The Bertz CT molecular complexity index is 517. The molecule has 84 valence electrons. The zero-order valence-corrected chi connectivity index (χ0v) is 11.0. The van der Waals surface area contributed by atoms with Crippen LogP contribution < -0.4 is 0 Å². The molecule has 0 aromatic heterocycles. The fourth-order valence-electron chi connectivity index (χ4n) is 1.50. The molecule has 0 aliphatic rings. The molecule has 2 rings (SSSR count). The van der Waals surface area contributed by atoms with Crippen LogP contribution in [0.25, 0.3) is 6.08 Å². The van der Waals surface area contributed by atoms with Crippen LogP contribution in [-0.4, -0.2) is 0 Å². The van der Waals surface area contributed by atoms with Crippen LogP contribution in [0.15, 0.2) is 70.9 Å². The molecule has 0 amide bonds. The highest BCUT2D eigenvalue weighted by atomic mass is 79.9. The van der Waals surface area contributed by atoms with Crippen LogP contribution in [-0.2, 0) is 6.42 Å². The summed E-state index contributed by atoms with van der Waals surface area (Å²) in [6, 6.07) is 18.6. The van der Waals surface area contributed by atoms with Gasteiger partial charge in [0.25, 0.3) is 0 Å². The number of benzene rings is 2. The second-order valence-electron chi connectivity index (χ2n) is 3.76. The Hall–Kier alpha value is -1.56. The molecule has 0 saturated carbocycles. The van der Waals surface area contributed by atoms with Crippen molar-refractivity contribution in [3.63, 3.8) is 0 Å². The Balaban J connectivity index is 1.98. The van der Waals surface area contributed by atoms with Gasteiger partial charge in [-0.2, -0.15) is 0 Å². The van der Waals surface area contributed by atoms with E-state index in [2.05, 4.69) is 64.1 Å². The molecule has 0 nitrogen and oxygen atoms in total. The van der Waals surface area contributed by atoms with Gasteiger partial charge in [0.1, 0.15) is 0 Å². The van der Waals surface area contributed by atoms with Gasteiger partial charge in [-0.1, -0.05) is 58.4 Å². The third-order valence-electron chi connectivity index (χ3n) is 2.42. The van der Waals surface area contributed by atoms with Crippen molar-refractivity contribution in [3.8, 4) is 0 Å². The van der Waals surface area contributed by atoms with E-state index in [-0.39, 0.29) is 0 Å². The smallest absolute Gasteiger partial charge is 0.0175 e. The van der Waals surface area contributed by atoms with E-state index in [1.54, 1.807) is 0 Å². The van der Waals surface area contributed by atoms with Crippen LogP contribution >= 0.6 is 15.9 Å². The molecule has 2 aromatic carbocycles. The van der Waals surface area contributed by atoms with Crippen molar-refractivity contribution < 1.29 is 0 Å². The standard InChI is InChI=1S/C16H13Br/c17-16-12-10-15(11-13-16)9-5-4-8-14-6-2-1-3-7-14/h1-3,5-8,10-13H,9H2. The van der Waals surface area contributed by atoms with Gasteiger partial charge in [0.2, 0.25) is 0 Å². The Morgan fingerprint density at radius 1 is 0.941 bits per heavy atom. The highest BCUT2D eigenvalue weighted by molar-refractivity contribution is 9.10. The topological polar surface area (TPSA) is 0 Å². The van der Waals surface area contributed by atoms with Crippen molar-refractivity contribution in [2.45, 2.75) is 6.42 Å². The van der Waals surface area contributed by atoms with Gasteiger partial charge in [0, 0.05) is 4.47 Å². The molecule has 1 heteroatoms. The molecule has 0 heterocycles. The number of rotatable bonds is 3. The van der Waals surface area contributed by atoms with E-state index in [9.17, 15) is 0 Å². The summed E-state index contributed by atoms with van der Waals surface area (Å²) < 4.78 is 1.12. The van der Waals surface area contributed by atoms with Gasteiger partial charge in [0.05, 0.1) is 0 Å². The summed E-state index contributed by atoms with van der Waals surface area (Å²) >= 11 is 3.43. The summed E-state index contributed by atoms with van der Waals surface area (Å²) in [5, 5.41) is 0. The summed E-state index contributed by atoms with van der Waals surface area (Å²) in [7, 11) is 0. The van der Waals surface area contributed by atoms with E-state index in [0.717, 1.165) is 10.9 Å². The molecule has 0 unspecified atom stereocenters. The average molecular weight is 285 g/mol. The molecule has 0 bridgehead atoms. The van der Waals surface area contributed by atoms with Crippen molar-refractivity contribution in [2.75, 3.05) is 0 Å². The zero-order chi connectivity index (χ0) is 11.9. The molecule has 0 aliphatic heterocycles. The largest absolute Gasteiger partial charge is 0.124 e. The minimum atomic E-state index is 0.913. The number of halogens is 1. The van der Waals surface area contributed by atoms with Gasteiger partial charge in [0.15, 0.2) is 0 Å². The van der Waals surface area contributed by atoms with E-state index in [0.29, 0.717) is 0 Å². The number of allylic oxidation sites excluding steroid dienone is 1. The van der Waals surface area contributed by atoms with Crippen molar-refractivity contribution >= 4 is 22.0 Å². The molecule has 0 fully saturated rings. The van der Waals surface area contributed by atoms with Crippen LogP contribution in [0.4, 0.5) is 0 Å². The van der Waals surface area contributed by atoms with Crippen LogP contribution in [0.1, 0.15) is 11.1 Å². The first-order valence-corrected chi connectivity index (χ1v) is 6.34. The predicted molar refractivity (Wildman–Crippen MR) is 76.8 cm³/mol. The lowest BCUT2D eigenvalue weighted by Gasteiger charge is -1.94. The highest BCUT2D eigenvalue weighted by Gasteiger charge is 1.88. The van der Waals surface area contributed by atoms with Crippen LogP contribution in [0.2, 0.25) is 0 Å². The summed E-state index contributed by atoms with van der Waals surface area (Å²) in [6.07, 6.45) is 4.96. The summed E-state index contributed by atoms with van der Waals surface area (Å²) in [6.45, 7) is 0. The molecule has 17 heavy (non-hydrogen) atoms. The van der Waals surface area contributed by atoms with E-state index >= 15 is 0 Å². The molecule has 0 spiro atoms. The molecular formula is C16H13Br. The lowest BCUT2D eigenvalue weighted by atomic mass is 10.1. The highest BCUT2D eigenvalue weighted by Crippen LogP contribution is 2.11. The van der Waals surface area contributed by atoms with Crippen LogP contribution in [0, 0.1) is 0 Å². The summed E-state index contributed by atoms with van der Waals surface area (Å²) in [5.74, 6) is 0.